The van der Waals surface area contributed by atoms with Crippen molar-refractivity contribution >= 4 is 50.6 Å². The van der Waals surface area contributed by atoms with Crippen LogP contribution >= 0.6 is 39.9 Å². The normalized spacial score (nSPS) is 18.4. The second-order valence-corrected chi connectivity index (χ2v) is 6.97. The van der Waals surface area contributed by atoms with Gasteiger partial charge < -0.3 is 5.32 Å². The fourth-order valence-corrected chi connectivity index (χ4v) is 4.53. The van der Waals surface area contributed by atoms with Crippen molar-refractivity contribution in [2.75, 3.05) is 5.32 Å². The van der Waals surface area contributed by atoms with Crippen LogP contribution in [0.15, 0.2) is 57.9 Å². The number of hydrogen-bond acceptors (Lipinski definition) is 2. The number of thiocarbonyl (C=S) groups is 1. The van der Waals surface area contributed by atoms with E-state index in [-0.39, 0.29) is 0 Å². The van der Waals surface area contributed by atoms with Crippen molar-refractivity contribution < 1.29 is 0 Å². The molecule has 3 rings (SSSR count). The van der Waals surface area contributed by atoms with E-state index in [1.807, 2.05) is 23.9 Å². The molecule has 2 aromatic rings. The number of halogens is 1. The average molecular weight is 350 g/mol. The topological polar surface area (TPSA) is 12.0 Å². The molecule has 1 N–H and O–H groups in total. The number of nitrogens with one attached hydrogen (secondary N) is 1. The van der Waals surface area contributed by atoms with Crippen LogP contribution in [0.2, 0.25) is 0 Å². The summed E-state index contributed by atoms with van der Waals surface area (Å²) in [4.78, 5) is 2.15. The molecular formula is C15H12BrNS2. The molecule has 1 atom stereocenters. The zero-order chi connectivity index (χ0) is 13.2. The number of anilines is 1. The largest absolute Gasteiger partial charge is 0.349 e. The van der Waals surface area contributed by atoms with Crippen LogP contribution in [0, 0.1) is 0 Å². The summed E-state index contributed by atoms with van der Waals surface area (Å²) in [5.74, 6) is 0. The smallest absolute Gasteiger partial charge is 0.0812 e. The van der Waals surface area contributed by atoms with Gasteiger partial charge in [0.05, 0.1) is 10.7 Å². The van der Waals surface area contributed by atoms with Gasteiger partial charge in [-0.1, -0.05) is 58.5 Å². The van der Waals surface area contributed by atoms with Gasteiger partial charge in [0.2, 0.25) is 0 Å². The molecule has 1 aliphatic heterocycles. The van der Waals surface area contributed by atoms with Crippen LogP contribution in [0.1, 0.15) is 17.2 Å². The molecule has 0 amide bonds. The van der Waals surface area contributed by atoms with Crippen molar-refractivity contribution in [2.45, 2.75) is 16.6 Å². The van der Waals surface area contributed by atoms with E-state index in [2.05, 4.69) is 57.6 Å². The SMILES string of the molecule is S=C1CC(c2ccccc2Br)Sc2ccccc2N1. The quantitative estimate of drug-likeness (QED) is 0.689. The highest BCUT2D eigenvalue weighted by atomic mass is 79.9. The van der Waals surface area contributed by atoms with Crippen LogP contribution in [0.4, 0.5) is 5.69 Å². The lowest BCUT2D eigenvalue weighted by Gasteiger charge is -2.15. The van der Waals surface area contributed by atoms with Crippen LogP contribution in [0.25, 0.3) is 0 Å². The minimum atomic E-state index is 0.347. The molecule has 1 nitrogen and oxygen atoms in total. The standard InChI is InChI=1S/C15H12BrNS2/c16-11-6-2-1-5-10(11)14-9-15(18)17-12-7-3-4-8-13(12)19-14/h1-8,14H,9H2,(H,17,18). The van der Waals surface area contributed by atoms with Gasteiger partial charge in [0.1, 0.15) is 0 Å². The summed E-state index contributed by atoms with van der Waals surface area (Å²) in [6, 6.07) is 16.7. The van der Waals surface area contributed by atoms with Crippen molar-refractivity contribution in [3.8, 4) is 0 Å². The number of thioether (sulfide) groups is 1. The van der Waals surface area contributed by atoms with Gasteiger partial charge in [0.15, 0.2) is 0 Å². The summed E-state index contributed by atoms with van der Waals surface area (Å²) in [5, 5.41) is 3.68. The fourth-order valence-electron chi connectivity index (χ4n) is 2.15. The zero-order valence-corrected chi connectivity index (χ0v) is 13.3. The van der Waals surface area contributed by atoms with Gasteiger partial charge in [0, 0.05) is 21.0 Å². The number of para-hydroxylation sites is 1. The Bertz CT molecular complexity index is 627. The Morgan fingerprint density at radius 1 is 1.11 bits per heavy atom. The minimum Gasteiger partial charge on any atom is -0.349 e. The molecular weight excluding hydrogens is 338 g/mol. The third-order valence-corrected chi connectivity index (χ3v) is 5.36. The highest BCUT2D eigenvalue weighted by Gasteiger charge is 2.22. The average Bonchev–Trinajstić information content (AvgIpc) is 2.57. The van der Waals surface area contributed by atoms with E-state index in [0.29, 0.717) is 5.25 Å². The monoisotopic (exact) mass is 349 g/mol. The summed E-state index contributed by atoms with van der Waals surface area (Å²) in [6.45, 7) is 0. The lowest BCUT2D eigenvalue weighted by atomic mass is 10.1. The van der Waals surface area contributed by atoms with E-state index in [4.69, 9.17) is 12.2 Å². The van der Waals surface area contributed by atoms with Crippen molar-refractivity contribution in [3.05, 3.63) is 58.6 Å². The van der Waals surface area contributed by atoms with E-state index >= 15 is 0 Å². The lowest BCUT2D eigenvalue weighted by Crippen LogP contribution is -2.09. The van der Waals surface area contributed by atoms with Gasteiger partial charge in [-0.2, -0.15) is 0 Å². The fraction of sp³-hybridized carbons (Fsp3) is 0.133. The second kappa shape index (κ2) is 5.65. The first-order valence-corrected chi connectivity index (χ1v) is 8.12. The van der Waals surface area contributed by atoms with Crippen LogP contribution in [-0.4, -0.2) is 4.99 Å². The van der Waals surface area contributed by atoms with Gasteiger partial charge >= 0.3 is 0 Å². The molecule has 0 bridgehead atoms. The molecule has 0 aliphatic carbocycles. The maximum absolute atomic E-state index is 5.45. The van der Waals surface area contributed by atoms with Gasteiger partial charge in [-0.05, 0) is 23.8 Å². The van der Waals surface area contributed by atoms with E-state index in [0.717, 1.165) is 21.6 Å². The third-order valence-electron chi connectivity index (χ3n) is 3.05. The van der Waals surface area contributed by atoms with E-state index < -0.39 is 0 Å². The summed E-state index contributed by atoms with van der Waals surface area (Å²) in [7, 11) is 0. The third kappa shape index (κ3) is 2.86. The molecule has 1 heterocycles. The first-order chi connectivity index (χ1) is 9.24. The molecule has 0 saturated heterocycles. The maximum atomic E-state index is 5.45. The summed E-state index contributed by atoms with van der Waals surface area (Å²) >= 11 is 11.0. The van der Waals surface area contributed by atoms with Gasteiger partial charge in [-0.15, -0.1) is 11.8 Å². The summed E-state index contributed by atoms with van der Waals surface area (Å²) in [6.07, 6.45) is 0.858. The maximum Gasteiger partial charge on any atom is 0.0812 e. The summed E-state index contributed by atoms with van der Waals surface area (Å²) < 4.78 is 1.15. The molecule has 2 aromatic carbocycles. The van der Waals surface area contributed by atoms with E-state index in [9.17, 15) is 0 Å². The molecule has 4 heteroatoms. The van der Waals surface area contributed by atoms with Crippen LogP contribution < -0.4 is 5.32 Å². The Labute approximate surface area is 130 Å². The molecule has 96 valence electrons. The van der Waals surface area contributed by atoms with E-state index in [1.165, 1.54) is 10.5 Å². The van der Waals surface area contributed by atoms with Crippen molar-refractivity contribution in [2.24, 2.45) is 0 Å². The molecule has 1 aliphatic rings. The van der Waals surface area contributed by atoms with Crippen LogP contribution in [0.5, 0.6) is 0 Å². The Hall–Kier alpha value is -0.840. The predicted octanol–water partition coefficient (Wildman–Crippen LogP) is 5.43. The molecule has 19 heavy (non-hydrogen) atoms. The first-order valence-electron chi connectivity index (χ1n) is 6.04. The van der Waals surface area contributed by atoms with Crippen molar-refractivity contribution in [3.63, 3.8) is 0 Å². The molecule has 0 fully saturated rings. The Kier molecular flexibility index (Phi) is 3.91. The van der Waals surface area contributed by atoms with E-state index in [1.54, 1.807) is 0 Å². The second-order valence-electron chi connectivity index (χ2n) is 4.38. The van der Waals surface area contributed by atoms with Crippen molar-refractivity contribution in [1.29, 1.82) is 0 Å². The molecule has 0 spiro atoms. The molecule has 0 aromatic heterocycles. The highest BCUT2D eigenvalue weighted by molar-refractivity contribution is 9.10. The lowest BCUT2D eigenvalue weighted by molar-refractivity contribution is 1.01. The number of hydrogen-bond donors (Lipinski definition) is 1. The van der Waals surface area contributed by atoms with Gasteiger partial charge in [-0.3, -0.25) is 0 Å². The first kappa shape index (κ1) is 13.2. The minimum absolute atomic E-state index is 0.347. The molecule has 1 unspecified atom stereocenters. The number of benzene rings is 2. The van der Waals surface area contributed by atoms with Crippen molar-refractivity contribution in [1.82, 2.24) is 0 Å². The van der Waals surface area contributed by atoms with Gasteiger partial charge in [-0.25, -0.2) is 0 Å². The predicted molar refractivity (Wildman–Crippen MR) is 90.0 cm³/mol. The zero-order valence-electron chi connectivity index (χ0n) is 10.1. The Morgan fingerprint density at radius 2 is 1.84 bits per heavy atom. The highest BCUT2D eigenvalue weighted by Crippen LogP contribution is 2.45. The number of fused-ring (bicyclic) bond motifs is 1. The number of rotatable bonds is 1. The van der Waals surface area contributed by atoms with Crippen LogP contribution in [0.3, 0.4) is 0 Å². The van der Waals surface area contributed by atoms with Gasteiger partial charge in [0.25, 0.3) is 0 Å². The Balaban J connectivity index is 2.01. The molecule has 0 radical (unpaired) electrons. The molecule has 0 saturated carbocycles. The summed E-state index contributed by atoms with van der Waals surface area (Å²) in [5.41, 5.74) is 2.42. The Morgan fingerprint density at radius 3 is 2.68 bits per heavy atom. The van der Waals surface area contributed by atoms with Crippen LogP contribution in [-0.2, 0) is 0 Å².